The third-order valence-electron chi connectivity index (χ3n) is 6.44. The summed E-state index contributed by atoms with van der Waals surface area (Å²) in [6.45, 7) is 7.26. The third-order valence-corrected chi connectivity index (χ3v) is 6.44. The highest BCUT2D eigenvalue weighted by atomic mass is 16.3. The average Bonchev–Trinajstić information content (AvgIpc) is 2.64. The van der Waals surface area contributed by atoms with Crippen molar-refractivity contribution < 1.29 is 5.11 Å². The lowest BCUT2D eigenvalue weighted by atomic mass is 9.65. The van der Waals surface area contributed by atoms with E-state index in [1.807, 2.05) is 0 Å². The van der Waals surface area contributed by atoms with E-state index in [0.29, 0.717) is 5.41 Å². The molecule has 0 aromatic rings. The van der Waals surface area contributed by atoms with E-state index >= 15 is 0 Å². The molecule has 1 heteroatoms. The summed E-state index contributed by atoms with van der Waals surface area (Å²) in [7, 11) is 0. The zero-order valence-corrected chi connectivity index (χ0v) is 13.3. The Labute approximate surface area is 120 Å². The monoisotopic (exact) mass is 266 g/mol. The molecule has 2 saturated carbocycles. The van der Waals surface area contributed by atoms with Gasteiger partial charge >= 0.3 is 0 Å². The summed E-state index contributed by atoms with van der Waals surface area (Å²) in [5.74, 6) is 2.84. The Bertz CT molecular complexity index is 263. The van der Waals surface area contributed by atoms with Crippen LogP contribution in [0.5, 0.6) is 0 Å². The van der Waals surface area contributed by atoms with Crippen molar-refractivity contribution in [1.29, 1.82) is 0 Å². The van der Waals surface area contributed by atoms with Crippen LogP contribution in [-0.4, -0.2) is 11.2 Å². The summed E-state index contributed by atoms with van der Waals surface area (Å²) in [4.78, 5) is 0. The lowest BCUT2D eigenvalue weighted by molar-refractivity contribution is 0.100. The van der Waals surface area contributed by atoms with Gasteiger partial charge in [0.05, 0.1) is 6.10 Å². The smallest absolute Gasteiger partial charge is 0.0540 e. The fourth-order valence-corrected chi connectivity index (χ4v) is 4.44. The van der Waals surface area contributed by atoms with Gasteiger partial charge in [-0.2, -0.15) is 0 Å². The molecule has 0 aromatic carbocycles. The first-order chi connectivity index (χ1) is 9.03. The zero-order chi connectivity index (χ0) is 13.9. The minimum Gasteiger partial charge on any atom is -0.393 e. The second-order valence-electron chi connectivity index (χ2n) is 7.88. The molecule has 2 fully saturated rings. The topological polar surface area (TPSA) is 20.2 Å². The largest absolute Gasteiger partial charge is 0.393 e. The van der Waals surface area contributed by atoms with Crippen molar-refractivity contribution in [3.63, 3.8) is 0 Å². The van der Waals surface area contributed by atoms with Crippen molar-refractivity contribution in [3.8, 4) is 0 Å². The van der Waals surface area contributed by atoms with Gasteiger partial charge in [-0.3, -0.25) is 0 Å². The van der Waals surface area contributed by atoms with Crippen LogP contribution in [0, 0.1) is 23.2 Å². The summed E-state index contributed by atoms with van der Waals surface area (Å²) in [5.41, 5.74) is 0.546. The molecular formula is C18H34O. The molecule has 2 atom stereocenters. The maximum Gasteiger partial charge on any atom is 0.0540 e. The van der Waals surface area contributed by atoms with Crippen molar-refractivity contribution in [2.45, 2.75) is 91.1 Å². The average molecular weight is 266 g/mol. The molecule has 0 spiro atoms. The molecule has 0 saturated heterocycles. The summed E-state index contributed by atoms with van der Waals surface area (Å²) in [6.07, 6.45) is 13.2. The van der Waals surface area contributed by atoms with Crippen LogP contribution in [0.15, 0.2) is 0 Å². The van der Waals surface area contributed by atoms with Crippen LogP contribution in [0.25, 0.3) is 0 Å². The highest BCUT2D eigenvalue weighted by molar-refractivity contribution is 4.85. The molecule has 19 heavy (non-hydrogen) atoms. The summed E-state index contributed by atoms with van der Waals surface area (Å²) in [6, 6.07) is 0. The van der Waals surface area contributed by atoms with Crippen molar-refractivity contribution in [1.82, 2.24) is 0 Å². The molecule has 1 nitrogen and oxygen atoms in total. The Kier molecular flexibility index (Phi) is 5.34. The van der Waals surface area contributed by atoms with Crippen LogP contribution in [0.4, 0.5) is 0 Å². The lowest BCUT2D eigenvalue weighted by Gasteiger charge is -2.41. The van der Waals surface area contributed by atoms with Crippen molar-refractivity contribution >= 4 is 0 Å². The molecule has 2 aliphatic carbocycles. The molecular weight excluding hydrogens is 232 g/mol. The fourth-order valence-electron chi connectivity index (χ4n) is 4.44. The zero-order valence-electron chi connectivity index (χ0n) is 13.3. The number of hydrogen-bond acceptors (Lipinski definition) is 1. The van der Waals surface area contributed by atoms with E-state index in [1.54, 1.807) is 0 Å². The van der Waals surface area contributed by atoms with E-state index < -0.39 is 0 Å². The van der Waals surface area contributed by atoms with E-state index in [4.69, 9.17) is 0 Å². The molecule has 2 unspecified atom stereocenters. The van der Waals surface area contributed by atoms with Crippen molar-refractivity contribution in [3.05, 3.63) is 0 Å². The first-order valence-corrected chi connectivity index (χ1v) is 8.71. The minimum absolute atomic E-state index is 0.000337. The van der Waals surface area contributed by atoms with Crippen molar-refractivity contribution in [2.75, 3.05) is 0 Å². The normalized spacial score (nSPS) is 37.9. The summed E-state index contributed by atoms with van der Waals surface area (Å²) >= 11 is 0. The molecule has 0 heterocycles. The maximum atomic E-state index is 9.79. The first kappa shape index (κ1) is 15.4. The van der Waals surface area contributed by atoms with Gasteiger partial charge in [-0.05, 0) is 68.1 Å². The molecule has 2 aliphatic rings. The van der Waals surface area contributed by atoms with Gasteiger partial charge in [0.15, 0.2) is 0 Å². The molecule has 1 N–H and O–H groups in total. The van der Waals surface area contributed by atoms with Crippen LogP contribution in [0.1, 0.15) is 85.0 Å². The molecule has 0 aromatic heterocycles. The van der Waals surface area contributed by atoms with E-state index in [1.165, 1.54) is 51.4 Å². The second-order valence-corrected chi connectivity index (χ2v) is 7.88. The van der Waals surface area contributed by atoms with E-state index in [2.05, 4.69) is 20.8 Å². The van der Waals surface area contributed by atoms with Gasteiger partial charge in [-0.1, -0.05) is 40.0 Å². The standard InChI is InChI=1S/C18H34O/c1-4-18(2,3)16-11-8-15(9-12-16)14-6-5-7-17(19)13-10-14/h14-17,19H,4-13H2,1-3H3. The van der Waals surface area contributed by atoms with Gasteiger partial charge in [0, 0.05) is 0 Å². The SMILES string of the molecule is CCC(C)(C)C1CCC(C2CCCC(O)CC2)CC1. The predicted octanol–water partition coefficient (Wildman–Crippen LogP) is 5.17. The van der Waals surface area contributed by atoms with Gasteiger partial charge < -0.3 is 5.11 Å². The quantitative estimate of drug-likeness (QED) is 0.699. The number of rotatable bonds is 3. The molecule has 0 aliphatic heterocycles. The van der Waals surface area contributed by atoms with Gasteiger partial charge in [0.1, 0.15) is 0 Å². The number of hydrogen-bond donors (Lipinski definition) is 1. The Balaban J connectivity index is 1.82. The van der Waals surface area contributed by atoms with Crippen LogP contribution in [0.2, 0.25) is 0 Å². The van der Waals surface area contributed by atoms with Gasteiger partial charge in [0.2, 0.25) is 0 Å². The highest BCUT2D eigenvalue weighted by Gasteiger charge is 2.34. The van der Waals surface area contributed by atoms with Gasteiger partial charge in [-0.15, -0.1) is 0 Å². The second kappa shape index (κ2) is 6.61. The fraction of sp³-hybridized carbons (Fsp3) is 1.00. The number of aliphatic hydroxyl groups is 1. The van der Waals surface area contributed by atoms with Gasteiger partial charge in [0.25, 0.3) is 0 Å². The number of aliphatic hydroxyl groups excluding tert-OH is 1. The van der Waals surface area contributed by atoms with Crippen LogP contribution in [0.3, 0.4) is 0 Å². The summed E-state index contributed by atoms with van der Waals surface area (Å²) in [5, 5.41) is 9.79. The molecule has 0 amide bonds. The Morgan fingerprint density at radius 2 is 1.42 bits per heavy atom. The molecule has 0 bridgehead atoms. The van der Waals surface area contributed by atoms with Crippen LogP contribution >= 0.6 is 0 Å². The Hall–Kier alpha value is -0.0400. The van der Waals surface area contributed by atoms with E-state index in [0.717, 1.165) is 30.6 Å². The van der Waals surface area contributed by atoms with Crippen LogP contribution < -0.4 is 0 Å². The Morgan fingerprint density at radius 3 is 2.05 bits per heavy atom. The summed E-state index contributed by atoms with van der Waals surface area (Å²) < 4.78 is 0. The van der Waals surface area contributed by atoms with Crippen LogP contribution in [-0.2, 0) is 0 Å². The van der Waals surface area contributed by atoms with Crippen molar-refractivity contribution in [2.24, 2.45) is 23.2 Å². The maximum absolute atomic E-state index is 9.79. The van der Waals surface area contributed by atoms with E-state index in [-0.39, 0.29) is 6.10 Å². The molecule has 0 radical (unpaired) electrons. The molecule has 112 valence electrons. The van der Waals surface area contributed by atoms with E-state index in [9.17, 15) is 5.11 Å². The highest BCUT2D eigenvalue weighted by Crippen LogP contribution is 2.45. The van der Waals surface area contributed by atoms with Gasteiger partial charge in [-0.25, -0.2) is 0 Å². The predicted molar refractivity (Wildman–Crippen MR) is 82.1 cm³/mol. The Morgan fingerprint density at radius 1 is 0.842 bits per heavy atom. The first-order valence-electron chi connectivity index (χ1n) is 8.71. The molecule has 2 rings (SSSR count). The lowest BCUT2D eigenvalue weighted by Crippen LogP contribution is -2.30. The third kappa shape index (κ3) is 3.97. The minimum atomic E-state index is 0.000337.